The van der Waals surface area contributed by atoms with Gasteiger partial charge in [0.15, 0.2) is 0 Å². The smallest absolute Gasteiger partial charge is 0.340 e. The first-order chi connectivity index (χ1) is 7.13. The molecule has 0 fully saturated rings. The van der Waals surface area contributed by atoms with Gasteiger partial charge in [-0.15, -0.1) is 11.6 Å². The van der Waals surface area contributed by atoms with E-state index in [0.717, 1.165) is 13.2 Å². The van der Waals surface area contributed by atoms with Crippen LogP contribution >= 0.6 is 11.6 Å². The van der Waals surface area contributed by atoms with E-state index in [1.54, 1.807) is 6.07 Å². The summed E-state index contributed by atoms with van der Waals surface area (Å²) in [5, 5.41) is 8.67. The average molecular weight is 228 g/mol. The predicted molar refractivity (Wildman–Crippen MR) is 52.0 cm³/mol. The van der Waals surface area contributed by atoms with Crippen LogP contribution in [0.15, 0.2) is 12.1 Å². The third kappa shape index (κ3) is 2.25. The number of halogens is 2. The lowest BCUT2D eigenvalue weighted by Crippen LogP contribution is -2.06. The predicted octanol–water partition coefficient (Wildman–Crippen LogP) is 2.22. The van der Waals surface area contributed by atoms with Gasteiger partial charge in [-0.1, -0.05) is 0 Å². The number of benzene rings is 1. The first kappa shape index (κ1) is 11.5. The fraction of sp³-hybridized carbons (Fsp3) is 0.200. The molecule has 0 saturated carbocycles. The van der Waals surface area contributed by atoms with Gasteiger partial charge in [0.1, 0.15) is 5.82 Å². The van der Waals surface area contributed by atoms with Crippen molar-refractivity contribution in [3.63, 3.8) is 0 Å². The second kappa shape index (κ2) is 4.76. The molecule has 0 atom stereocenters. The second-order valence-electron chi connectivity index (χ2n) is 2.73. The van der Waals surface area contributed by atoms with Crippen LogP contribution < -0.4 is 0 Å². The molecule has 0 aromatic heterocycles. The minimum Gasteiger partial charge on any atom is -0.465 e. The summed E-state index contributed by atoms with van der Waals surface area (Å²) in [5.41, 5.74) is 0.309. The lowest BCUT2D eigenvalue weighted by Gasteiger charge is -2.04. The number of ether oxygens (including phenoxy) is 1. The number of nitriles is 1. The van der Waals surface area contributed by atoms with E-state index >= 15 is 0 Å². The van der Waals surface area contributed by atoms with Crippen LogP contribution in [0.3, 0.4) is 0 Å². The molecule has 0 aliphatic heterocycles. The fourth-order valence-electron chi connectivity index (χ4n) is 1.10. The van der Waals surface area contributed by atoms with Crippen LogP contribution in [0.1, 0.15) is 21.5 Å². The number of rotatable bonds is 2. The average Bonchev–Trinajstić information content (AvgIpc) is 2.27. The number of alkyl halides is 1. The lowest BCUT2D eigenvalue weighted by molar-refractivity contribution is 0.0595. The Morgan fingerprint density at radius 3 is 2.80 bits per heavy atom. The Labute approximate surface area is 91.0 Å². The van der Waals surface area contributed by atoms with E-state index in [-0.39, 0.29) is 17.0 Å². The molecule has 0 aliphatic rings. The van der Waals surface area contributed by atoms with Crippen molar-refractivity contribution in [2.45, 2.75) is 5.88 Å². The highest BCUT2D eigenvalue weighted by molar-refractivity contribution is 6.17. The van der Waals surface area contributed by atoms with Crippen LogP contribution in [0.4, 0.5) is 4.39 Å². The Morgan fingerprint density at radius 1 is 1.67 bits per heavy atom. The maximum absolute atomic E-state index is 13.3. The van der Waals surface area contributed by atoms with Crippen LogP contribution in [0, 0.1) is 17.1 Å². The van der Waals surface area contributed by atoms with Gasteiger partial charge in [-0.05, 0) is 17.7 Å². The molecular weight excluding hydrogens is 221 g/mol. The van der Waals surface area contributed by atoms with E-state index in [1.165, 1.54) is 6.07 Å². The van der Waals surface area contributed by atoms with Crippen molar-refractivity contribution in [3.05, 3.63) is 34.6 Å². The highest BCUT2D eigenvalue weighted by Gasteiger charge is 2.15. The third-order valence-corrected chi connectivity index (χ3v) is 2.15. The molecule has 1 aromatic carbocycles. The third-order valence-electron chi connectivity index (χ3n) is 1.86. The summed E-state index contributed by atoms with van der Waals surface area (Å²) in [5.74, 6) is -1.54. The van der Waals surface area contributed by atoms with Gasteiger partial charge in [0.05, 0.1) is 24.3 Å². The first-order valence-electron chi connectivity index (χ1n) is 4.00. The monoisotopic (exact) mass is 227 g/mol. The van der Waals surface area contributed by atoms with Crippen molar-refractivity contribution in [1.29, 1.82) is 5.26 Å². The summed E-state index contributed by atoms with van der Waals surface area (Å²) < 4.78 is 17.7. The molecule has 5 heteroatoms. The van der Waals surface area contributed by atoms with Crippen LogP contribution in [0.5, 0.6) is 0 Å². The van der Waals surface area contributed by atoms with Gasteiger partial charge in [0.2, 0.25) is 0 Å². The fourth-order valence-corrected chi connectivity index (χ4v) is 1.32. The Morgan fingerprint density at radius 2 is 2.33 bits per heavy atom. The van der Waals surface area contributed by atoms with Gasteiger partial charge >= 0.3 is 5.97 Å². The molecule has 0 spiro atoms. The zero-order chi connectivity index (χ0) is 11.4. The first-order valence-corrected chi connectivity index (χ1v) is 4.54. The highest BCUT2D eigenvalue weighted by atomic mass is 35.5. The zero-order valence-corrected chi connectivity index (χ0v) is 8.64. The molecule has 0 radical (unpaired) electrons. The summed E-state index contributed by atoms with van der Waals surface area (Å²) in [7, 11) is 1.15. The molecule has 15 heavy (non-hydrogen) atoms. The van der Waals surface area contributed by atoms with E-state index in [9.17, 15) is 9.18 Å². The topological polar surface area (TPSA) is 50.1 Å². The minimum absolute atomic E-state index is 0.0349. The molecule has 0 heterocycles. The summed E-state index contributed by atoms with van der Waals surface area (Å²) >= 11 is 5.56. The Balaban J connectivity index is 3.33. The molecule has 78 valence electrons. The van der Waals surface area contributed by atoms with E-state index in [0.29, 0.717) is 5.56 Å². The molecule has 0 saturated heterocycles. The van der Waals surface area contributed by atoms with Crippen molar-refractivity contribution in [3.8, 4) is 6.07 Å². The quantitative estimate of drug-likeness (QED) is 0.575. The van der Waals surface area contributed by atoms with E-state index in [2.05, 4.69) is 4.74 Å². The second-order valence-corrected chi connectivity index (χ2v) is 2.99. The van der Waals surface area contributed by atoms with Crippen molar-refractivity contribution in [1.82, 2.24) is 0 Å². The minimum atomic E-state index is -0.789. The van der Waals surface area contributed by atoms with Gasteiger partial charge in [-0.3, -0.25) is 0 Å². The molecule has 3 nitrogen and oxygen atoms in total. The number of methoxy groups -OCH3 is 1. The van der Waals surface area contributed by atoms with Gasteiger partial charge in [-0.25, -0.2) is 9.18 Å². The van der Waals surface area contributed by atoms with Gasteiger partial charge in [-0.2, -0.15) is 5.26 Å². The molecule has 0 amide bonds. The Hall–Kier alpha value is -1.60. The van der Waals surface area contributed by atoms with Crippen LogP contribution in [-0.4, -0.2) is 13.1 Å². The molecule has 1 rings (SSSR count). The highest BCUT2D eigenvalue weighted by Crippen LogP contribution is 2.18. The number of hydrogen-bond donors (Lipinski definition) is 0. The SMILES string of the molecule is COC(=O)c1cc(CCl)c(C#N)cc1F. The number of hydrogen-bond acceptors (Lipinski definition) is 3. The molecular formula is C10H7ClFNO2. The van der Waals surface area contributed by atoms with Crippen LogP contribution in [-0.2, 0) is 10.6 Å². The number of carbonyl (C=O) groups excluding carboxylic acids is 1. The van der Waals surface area contributed by atoms with Crippen LogP contribution in [0.25, 0.3) is 0 Å². The standard InChI is InChI=1S/C10H7ClFNO2/c1-15-10(14)8-2-6(4-11)7(5-13)3-9(8)12/h2-3H,4H2,1H3. The van der Waals surface area contributed by atoms with E-state index in [4.69, 9.17) is 16.9 Å². The summed E-state index contributed by atoms with van der Waals surface area (Å²) in [6, 6.07) is 4.00. The van der Waals surface area contributed by atoms with Crippen molar-refractivity contribution < 1.29 is 13.9 Å². The molecule has 1 aromatic rings. The van der Waals surface area contributed by atoms with Gasteiger partial charge in [0, 0.05) is 5.88 Å². The van der Waals surface area contributed by atoms with Gasteiger partial charge in [0.25, 0.3) is 0 Å². The maximum atomic E-state index is 13.3. The summed E-state index contributed by atoms with van der Waals surface area (Å²) in [6.45, 7) is 0. The zero-order valence-electron chi connectivity index (χ0n) is 7.88. The molecule has 0 bridgehead atoms. The Bertz CT molecular complexity index is 440. The van der Waals surface area contributed by atoms with Crippen molar-refractivity contribution in [2.75, 3.05) is 7.11 Å². The van der Waals surface area contributed by atoms with E-state index in [1.807, 2.05) is 0 Å². The van der Waals surface area contributed by atoms with Crippen molar-refractivity contribution >= 4 is 17.6 Å². The number of nitrogens with zero attached hydrogens (tertiary/aromatic N) is 1. The lowest BCUT2D eigenvalue weighted by atomic mass is 10.1. The summed E-state index contributed by atoms with van der Waals surface area (Å²) in [4.78, 5) is 11.1. The normalized spacial score (nSPS) is 9.47. The largest absolute Gasteiger partial charge is 0.465 e. The number of carbonyl (C=O) groups is 1. The van der Waals surface area contributed by atoms with Crippen molar-refractivity contribution in [2.24, 2.45) is 0 Å². The summed E-state index contributed by atoms with van der Waals surface area (Å²) in [6.07, 6.45) is 0. The Kier molecular flexibility index (Phi) is 3.64. The van der Waals surface area contributed by atoms with Gasteiger partial charge < -0.3 is 4.74 Å². The van der Waals surface area contributed by atoms with Crippen LogP contribution in [0.2, 0.25) is 0 Å². The maximum Gasteiger partial charge on any atom is 0.340 e. The molecule has 0 unspecified atom stereocenters. The number of esters is 1. The molecule has 0 aliphatic carbocycles. The molecule has 0 N–H and O–H groups in total. The van der Waals surface area contributed by atoms with E-state index < -0.39 is 11.8 Å².